The van der Waals surface area contributed by atoms with E-state index in [0.717, 1.165) is 37.8 Å². The van der Waals surface area contributed by atoms with Gasteiger partial charge in [-0.15, -0.1) is 0 Å². The first-order valence-corrected chi connectivity index (χ1v) is 12.1. The number of aryl methyl sites for hydroxylation is 1. The standard InChI is InChI=1S/C25H31Cl2N3O3/c26-20-12-11-19(22(27)16-20)17-30(25(28)33)15-5-14-29(13-4-10-24(31)32)23-9-3-7-18-6-1-2-8-21(18)23/h1-2,6,8,11-12,16,23H,3-5,7,9-10,13-15,17H2,(H2,28,33)(H,31,32). The Bertz CT molecular complexity index is 970. The lowest BCUT2D eigenvalue weighted by atomic mass is 9.86. The van der Waals surface area contributed by atoms with Crippen molar-refractivity contribution >= 4 is 35.2 Å². The molecule has 33 heavy (non-hydrogen) atoms. The van der Waals surface area contributed by atoms with Crippen molar-refractivity contribution in [2.45, 2.75) is 51.1 Å². The molecule has 1 aliphatic carbocycles. The molecule has 6 nitrogen and oxygen atoms in total. The van der Waals surface area contributed by atoms with Gasteiger partial charge in [0.1, 0.15) is 0 Å². The summed E-state index contributed by atoms with van der Waals surface area (Å²) in [5.41, 5.74) is 9.13. The Hall–Kier alpha value is -2.28. The molecule has 3 rings (SSSR count). The Morgan fingerprint density at radius 3 is 2.55 bits per heavy atom. The fourth-order valence-electron chi connectivity index (χ4n) is 4.55. The summed E-state index contributed by atoms with van der Waals surface area (Å²) < 4.78 is 0. The molecule has 1 unspecified atom stereocenters. The normalized spacial score (nSPS) is 15.3. The Balaban J connectivity index is 1.66. The topological polar surface area (TPSA) is 86.9 Å². The predicted octanol–water partition coefficient (Wildman–Crippen LogP) is 5.51. The first-order valence-electron chi connectivity index (χ1n) is 11.4. The van der Waals surface area contributed by atoms with Gasteiger partial charge >= 0.3 is 12.0 Å². The van der Waals surface area contributed by atoms with Gasteiger partial charge in [-0.2, -0.15) is 0 Å². The van der Waals surface area contributed by atoms with Crippen LogP contribution < -0.4 is 5.73 Å². The molecule has 0 fully saturated rings. The highest BCUT2D eigenvalue weighted by molar-refractivity contribution is 6.35. The monoisotopic (exact) mass is 491 g/mol. The minimum absolute atomic E-state index is 0.146. The molecule has 178 valence electrons. The highest BCUT2D eigenvalue weighted by Gasteiger charge is 2.25. The molecule has 0 aliphatic heterocycles. The van der Waals surface area contributed by atoms with Crippen LogP contribution in [0.5, 0.6) is 0 Å². The Morgan fingerprint density at radius 2 is 1.82 bits per heavy atom. The van der Waals surface area contributed by atoms with Gasteiger partial charge in [0.25, 0.3) is 0 Å². The number of fused-ring (bicyclic) bond motifs is 1. The van der Waals surface area contributed by atoms with Gasteiger partial charge in [-0.05, 0) is 67.5 Å². The highest BCUT2D eigenvalue weighted by atomic mass is 35.5. The molecule has 2 aromatic rings. The molecule has 0 spiro atoms. The van der Waals surface area contributed by atoms with Crippen molar-refractivity contribution in [2.75, 3.05) is 19.6 Å². The number of aliphatic carboxylic acids is 1. The van der Waals surface area contributed by atoms with Gasteiger partial charge in [0.2, 0.25) is 0 Å². The van der Waals surface area contributed by atoms with Crippen LogP contribution in [0.3, 0.4) is 0 Å². The van der Waals surface area contributed by atoms with Crippen LogP contribution in [0.25, 0.3) is 0 Å². The molecule has 2 amide bonds. The molecule has 3 N–H and O–H groups in total. The summed E-state index contributed by atoms with van der Waals surface area (Å²) in [6.45, 7) is 2.25. The summed E-state index contributed by atoms with van der Waals surface area (Å²) in [5, 5.41) is 10.1. The first-order chi connectivity index (χ1) is 15.8. The number of nitrogens with two attached hydrogens (primary N) is 1. The third-order valence-corrected chi connectivity index (χ3v) is 6.76. The SMILES string of the molecule is NC(=O)N(CCCN(CCCC(=O)O)C1CCCc2ccccc21)Cc1ccc(Cl)cc1Cl. The molecule has 2 aromatic carbocycles. The van der Waals surface area contributed by atoms with Crippen molar-refractivity contribution in [1.29, 1.82) is 0 Å². The summed E-state index contributed by atoms with van der Waals surface area (Å²) in [4.78, 5) is 27.1. The van der Waals surface area contributed by atoms with Crippen molar-refractivity contribution < 1.29 is 14.7 Å². The molecular weight excluding hydrogens is 461 g/mol. The quantitative estimate of drug-likeness (QED) is 0.433. The number of rotatable bonds is 11. The van der Waals surface area contributed by atoms with Crippen LogP contribution >= 0.6 is 23.2 Å². The molecule has 0 radical (unpaired) electrons. The van der Waals surface area contributed by atoms with Gasteiger partial charge < -0.3 is 15.7 Å². The van der Waals surface area contributed by atoms with Gasteiger partial charge in [0.15, 0.2) is 0 Å². The van der Waals surface area contributed by atoms with E-state index in [-0.39, 0.29) is 12.5 Å². The number of benzene rings is 2. The number of halogens is 2. The predicted molar refractivity (Wildman–Crippen MR) is 132 cm³/mol. The lowest BCUT2D eigenvalue weighted by molar-refractivity contribution is -0.137. The number of carbonyl (C=O) groups is 2. The van der Waals surface area contributed by atoms with E-state index < -0.39 is 12.0 Å². The number of hydrogen-bond acceptors (Lipinski definition) is 3. The molecule has 8 heteroatoms. The molecule has 1 atom stereocenters. The Kier molecular flexibility index (Phi) is 9.41. The molecule has 0 bridgehead atoms. The second kappa shape index (κ2) is 12.3. The van der Waals surface area contributed by atoms with Gasteiger partial charge in [0, 0.05) is 42.1 Å². The smallest absolute Gasteiger partial charge is 0.315 e. The first kappa shape index (κ1) is 25.3. The van der Waals surface area contributed by atoms with Crippen molar-refractivity contribution in [3.63, 3.8) is 0 Å². The molecular formula is C25H31Cl2N3O3. The number of carboxylic acid groups (broad SMARTS) is 1. The van der Waals surface area contributed by atoms with Crippen molar-refractivity contribution in [2.24, 2.45) is 5.73 Å². The van der Waals surface area contributed by atoms with Gasteiger partial charge in [-0.1, -0.05) is 53.5 Å². The zero-order valence-electron chi connectivity index (χ0n) is 18.7. The van der Waals surface area contributed by atoms with E-state index in [1.807, 2.05) is 0 Å². The molecule has 0 heterocycles. The average Bonchev–Trinajstić information content (AvgIpc) is 2.78. The average molecular weight is 492 g/mol. The summed E-state index contributed by atoms with van der Waals surface area (Å²) >= 11 is 12.2. The molecule has 0 saturated carbocycles. The van der Waals surface area contributed by atoms with E-state index in [2.05, 4.69) is 29.2 Å². The van der Waals surface area contributed by atoms with E-state index in [4.69, 9.17) is 34.0 Å². The minimum atomic E-state index is -0.779. The maximum Gasteiger partial charge on any atom is 0.315 e. The van der Waals surface area contributed by atoms with Crippen molar-refractivity contribution in [3.8, 4) is 0 Å². The number of primary amides is 1. The second-order valence-electron chi connectivity index (χ2n) is 8.49. The van der Waals surface area contributed by atoms with E-state index in [1.54, 1.807) is 23.1 Å². The maximum absolute atomic E-state index is 12.1. The van der Waals surface area contributed by atoms with E-state index in [9.17, 15) is 9.59 Å². The highest BCUT2D eigenvalue weighted by Crippen LogP contribution is 2.34. The van der Waals surface area contributed by atoms with Crippen LogP contribution in [0.4, 0.5) is 4.79 Å². The van der Waals surface area contributed by atoms with Crippen LogP contribution in [-0.4, -0.2) is 46.5 Å². The van der Waals surface area contributed by atoms with E-state index in [0.29, 0.717) is 36.1 Å². The lowest BCUT2D eigenvalue weighted by Gasteiger charge is -2.36. The zero-order chi connectivity index (χ0) is 23.8. The number of amides is 2. The number of hydrogen-bond donors (Lipinski definition) is 2. The largest absolute Gasteiger partial charge is 0.481 e. The number of nitrogens with zero attached hydrogens (tertiary/aromatic N) is 2. The summed E-state index contributed by atoms with van der Waals surface area (Å²) in [6, 6.07) is 13.5. The van der Waals surface area contributed by atoms with E-state index in [1.165, 1.54) is 11.1 Å². The number of carbonyl (C=O) groups excluding carboxylic acids is 1. The van der Waals surface area contributed by atoms with Crippen molar-refractivity contribution in [1.82, 2.24) is 9.80 Å². The third-order valence-electron chi connectivity index (χ3n) is 6.18. The second-order valence-corrected chi connectivity index (χ2v) is 9.33. The fraction of sp³-hybridized carbons (Fsp3) is 0.440. The summed E-state index contributed by atoms with van der Waals surface area (Å²) in [7, 11) is 0. The van der Waals surface area contributed by atoms with Crippen LogP contribution in [0.15, 0.2) is 42.5 Å². The Morgan fingerprint density at radius 1 is 1.06 bits per heavy atom. The van der Waals surface area contributed by atoms with Crippen LogP contribution in [0, 0.1) is 0 Å². The molecule has 1 aliphatic rings. The van der Waals surface area contributed by atoms with Gasteiger partial charge in [-0.25, -0.2) is 4.79 Å². The zero-order valence-corrected chi connectivity index (χ0v) is 20.2. The number of urea groups is 1. The third kappa shape index (κ3) is 7.36. The maximum atomic E-state index is 12.1. The van der Waals surface area contributed by atoms with Crippen LogP contribution in [0.1, 0.15) is 54.8 Å². The summed E-state index contributed by atoms with van der Waals surface area (Å²) in [5.74, 6) is -0.779. The van der Waals surface area contributed by atoms with Gasteiger partial charge in [0.05, 0.1) is 0 Å². The van der Waals surface area contributed by atoms with Gasteiger partial charge in [-0.3, -0.25) is 9.69 Å². The molecule has 0 saturated heterocycles. The Labute approximate surface area is 205 Å². The van der Waals surface area contributed by atoms with Crippen LogP contribution in [0.2, 0.25) is 10.0 Å². The fourth-order valence-corrected chi connectivity index (χ4v) is 5.02. The van der Waals surface area contributed by atoms with E-state index >= 15 is 0 Å². The molecule has 0 aromatic heterocycles. The number of carboxylic acids is 1. The van der Waals surface area contributed by atoms with Crippen molar-refractivity contribution in [3.05, 3.63) is 69.2 Å². The lowest BCUT2D eigenvalue weighted by Crippen LogP contribution is -2.39. The minimum Gasteiger partial charge on any atom is -0.481 e. The van der Waals surface area contributed by atoms with Crippen LogP contribution in [-0.2, 0) is 17.8 Å². The summed E-state index contributed by atoms with van der Waals surface area (Å²) in [6.07, 6.45) is 4.69.